The molecule has 0 radical (unpaired) electrons. The molecule has 0 N–H and O–H groups in total. The summed E-state index contributed by atoms with van der Waals surface area (Å²) in [7, 11) is 0. The third-order valence-corrected chi connectivity index (χ3v) is 3.17. The first kappa shape index (κ1) is 13.2. The molecule has 3 nitrogen and oxygen atoms in total. The van der Waals surface area contributed by atoms with Gasteiger partial charge in [-0.05, 0) is 25.3 Å². The van der Waals surface area contributed by atoms with Crippen LogP contribution in [0.3, 0.4) is 0 Å². The highest BCUT2D eigenvalue weighted by molar-refractivity contribution is 5.75. The topological polar surface area (TPSA) is 35.5 Å². The van der Waals surface area contributed by atoms with Gasteiger partial charge in [-0.15, -0.1) is 0 Å². The lowest BCUT2D eigenvalue weighted by atomic mass is 10.0. The highest BCUT2D eigenvalue weighted by Crippen LogP contribution is 2.19. The minimum Gasteiger partial charge on any atom is -0.375 e. The van der Waals surface area contributed by atoms with E-state index in [4.69, 9.17) is 9.47 Å². The summed E-state index contributed by atoms with van der Waals surface area (Å²) in [5.41, 5.74) is 1.18. The quantitative estimate of drug-likeness (QED) is 0.803. The molecule has 0 amide bonds. The molecule has 0 unspecified atom stereocenters. The van der Waals surface area contributed by atoms with Crippen LogP contribution >= 0.6 is 0 Å². The van der Waals surface area contributed by atoms with E-state index in [-0.39, 0.29) is 18.0 Å². The molecule has 98 valence electrons. The third kappa shape index (κ3) is 4.24. The maximum absolute atomic E-state index is 11.0. The molecule has 3 heteroatoms. The lowest BCUT2D eigenvalue weighted by Gasteiger charge is -2.28. The second-order valence-electron chi connectivity index (χ2n) is 4.86. The molecule has 0 bridgehead atoms. The maximum Gasteiger partial charge on any atom is 0.132 e. The molecule has 1 saturated heterocycles. The van der Waals surface area contributed by atoms with Crippen molar-refractivity contribution in [1.82, 2.24) is 0 Å². The third-order valence-electron chi connectivity index (χ3n) is 3.17. The predicted molar refractivity (Wildman–Crippen MR) is 69.3 cm³/mol. The van der Waals surface area contributed by atoms with Crippen LogP contribution in [0.15, 0.2) is 30.3 Å². The first-order valence-electron chi connectivity index (χ1n) is 6.50. The van der Waals surface area contributed by atoms with E-state index in [1.165, 1.54) is 5.56 Å². The number of Topliss-reactive ketones (excluding diaryl/α,β-unsaturated/α-hetero) is 1. The first-order valence-corrected chi connectivity index (χ1v) is 6.50. The van der Waals surface area contributed by atoms with Crippen molar-refractivity contribution in [3.8, 4) is 0 Å². The van der Waals surface area contributed by atoms with Crippen LogP contribution in [-0.4, -0.2) is 24.6 Å². The molecule has 0 saturated carbocycles. The summed E-state index contributed by atoms with van der Waals surface area (Å²) >= 11 is 0. The van der Waals surface area contributed by atoms with Crippen molar-refractivity contribution in [3.63, 3.8) is 0 Å². The Morgan fingerprint density at radius 1 is 1.33 bits per heavy atom. The van der Waals surface area contributed by atoms with Crippen molar-refractivity contribution in [1.29, 1.82) is 0 Å². The zero-order valence-corrected chi connectivity index (χ0v) is 10.8. The number of carbonyl (C=O) groups is 1. The van der Waals surface area contributed by atoms with Crippen LogP contribution in [0.1, 0.15) is 31.7 Å². The minimum absolute atomic E-state index is 0.0964. The summed E-state index contributed by atoms with van der Waals surface area (Å²) in [5.74, 6) is 0.198. The van der Waals surface area contributed by atoms with Gasteiger partial charge in [0.25, 0.3) is 0 Å². The van der Waals surface area contributed by atoms with Crippen LogP contribution in [0.4, 0.5) is 0 Å². The van der Waals surface area contributed by atoms with Gasteiger partial charge in [0.2, 0.25) is 0 Å². The van der Waals surface area contributed by atoms with Crippen molar-refractivity contribution >= 4 is 5.78 Å². The molecule has 1 aromatic rings. The molecule has 0 aliphatic carbocycles. The molecule has 0 aromatic heterocycles. The molecule has 18 heavy (non-hydrogen) atoms. The number of hydrogen-bond acceptors (Lipinski definition) is 3. The van der Waals surface area contributed by atoms with E-state index in [0.29, 0.717) is 19.6 Å². The van der Waals surface area contributed by atoms with Gasteiger partial charge >= 0.3 is 0 Å². The molecule has 1 heterocycles. The zero-order chi connectivity index (χ0) is 12.8. The summed E-state index contributed by atoms with van der Waals surface area (Å²) in [4.78, 5) is 11.0. The number of benzene rings is 1. The van der Waals surface area contributed by atoms with E-state index in [0.717, 1.165) is 12.8 Å². The summed E-state index contributed by atoms with van der Waals surface area (Å²) < 4.78 is 11.5. The molecule has 2 rings (SSSR count). The first-order chi connectivity index (χ1) is 8.74. The lowest BCUT2D eigenvalue weighted by Crippen LogP contribution is -2.32. The van der Waals surface area contributed by atoms with Gasteiger partial charge in [-0.1, -0.05) is 30.3 Å². The Morgan fingerprint density at radius 2 is 2.11 bits per heavy atom. The van der Waals surface area contributed by atoms with Gasteiger partial charge in [-0.3, -0.25) is 4.79 Å². The van der Waals surface area contributed by atoms with Crippen molar-refractivity contribution in [2.75, 3.05) is 6.61 Å². The van der Waals surface area contributed by atoms with Crippen molar-refractivity contribution in [2.45, 2.75) is 45.0 Å². The van der Waals surface area contributed by atoms with Crippen molar-refractivity contribution < 1.29 is 14.3 Å². The number of hydrogen-bond donors (Lipinski definition) is 0. The number of carbonyl (C=O) groups excluding carboxylic acids is 1. The summed E-state index contributed by atoms with van der Waals surface area (Å²) in [5, 5.41) is 0. The van der Waals surface area contributed by atoms with Gasteiger partial charge < -0.3 is 9.47 Å². The van der Waals surface area contributed by atoms with Gasteiger partial charge in [0.1, 0.15) is 5.78 Å². The average molecular weight is 248 g/mol. The van der Waals surface area contributed by atoms with Gasteiger partial charge in [0, 0.05) is 6.42 Å². The molecule has 1 fully saturated rings. The normalized spacial score (nSPS) is 23.8. The summed E-state index contributed by atoms with van der Waals surface area (Å²) in [6, 6.07) is 10.1. The van der Waals surface area contributed by atoms with E-state index in [2.05, 4.69) is 12.1 Å². The predicted octanol–water partition coefficient (Wildman–Crippen LogP) is 2.73. The molecule has 1 aliphatic heterocycles. The van der Waals surface area contributed by atoms with E-state index in [1.807, 2.05) is 18.2 Å². The van der Waals surface area contributed by atoms with Crippen molar-refractivity contribution in [2.24, 2.45) is 0 Å². The van der Waals surface area contributed by atoms with Crippen LogP contribution in [0.2, 0.25) is 0 Å². The highest BCUT2D eigenvalue weighted by atomic mass is 16.5. The van der Waals surface area contributed by atoms with Crippen LogP contribution in [0, 0.1) is 0 Å². The Kier molecular flexibility index (Phi) is 4.90. The lowest BCUT2D eigenvalue weighted by molar-refractivity contribution is -0.125. The van der Waals surface area contributed by atoms with Gasteiger partial charge in [0.05, 0.1) is 25.4 Å². The monoisotopic (exact) mass is 248 g/mol. The van der Waals surface area contributed by atoms with Crippen molar-refractivity contribution in [3.05, 3.63) is 35.9 Å². The zero-order valence-electron chi connectivity index (χ0n) is 10.8. The second-order valence-corrected chi connectivity index (χ2v) is 4.86. The molecular weight excluding hydrogens is 228 g/mol. The van der Waals surface area contributed by atoms with E-state index >= 15 is 0 Å². The summed E-state index contributed by atoms with van der Waals surface area (Å²) in [6.07, 6.45) is 2.68. The number of ketones is 1. The molecule has 1 aliphatic rings. The SMILES string of the molecule is CC(=O)C[C@@H]1CC[C@@H](OCc2ccccc2)CO1. The number of ether oxygens (including phenoxy) is 2. The number of rotatable bonds is 5. The Morgan fingerprint density at radius 3 is 2.72 bits per heavy atom. The van der Waals surface area contributed by atoms with E-state index in [1.54, 1.807) is 6.92 Å². The van der Waals surface area contributed by atoms with E-state index < -0.39 is 0 Å². The standard InChI is InChI=1S/C15H20O3/c1-12(16)9-14-7-8-15(11-18-14)17-10-13-5-3-2-4-6-13/h2-6,14-15H,7-11H2,1H3/t14-,15+/m0/s1. The Balaban J connectivity index is 1.69. The van der Waals surface area contributed by atoms with Crippen LogP contribution in [0.25, 0.3) is 0 Å². The molecular formula is C15H20O3. The molecule has 2 atom stereocenters. The Hall–Kier alpha value is -1.19. The van der Waals surface area contributed by atoms with Crippen LogP contribution in [-0.2, 0) is 20.9 Å². The second kappa shape index (κ2) is 6.66. The van der Waals surface area contributed by atoms with Gasteiger partial charge in [0.15, 0.2) is 0 Å². The largest absolute Gasteiger partial charge is 0.375 e. The van der Waals surface area contributed by atoms with Crippen LogP contribution in [0.5, 0.6) is 0 Å². The smallest absolute Gasteiger partial charge is 0.132 e. The Labute approximate surface area is 108 Å². The summed E-state index contributed by atoms with van der Waals surface area (Å²) in [6.45, 7) is 2.85. The molecule has 1 aromatic carbocycles. The Bertz CT molecular complexity index is 367. The van der Waals surface area contributed by atoms with Gasteiger partial charge in [-0.2, -0.15) is 0 Å². The fourth-order valence-corrected chi connectivity index (χ4v) is 2.18. The van der Waals surface area contributed by atoms with Gasteiger partial charge in [-0.25, -0.2) is 0 Å². The maximum atomic E-state index is 11.0. The molecule has 0 spiro atoms. The van der Waals surface area contributed by atoms with Crippen LogP contribution < -0.4 is 0 Å². The fourth-order valence-electron chi connectivity index (χ4n) is 2.18. The minimum atomic E-state index is 0.0964. The highest BCUT2D eigenvalue weighted by Gasteiger charge is 2.22. The van der Waals surface area contributed by atoms with E-state index in [9.17, 15) is 4.79 Å². The average Bonchev–Trinajstić information content (AvgIpc) is 2.38. The fraction of sp³-hybridized carbons (Fsp3) is 0.533.